The molecular weight excluding hydrogens is 289 g/mol. The number of anilines is 1. The molecule has 0 amide bonds. The molecule has 0 aliphatic carbocycles. The molecule has 0 saturated heterocycles. The van der Waals surface area contributed by atoms with Crippen molar-refractivity contribution in [1.29, 1.82) is 0 Å². The third kappa shape index (κ3) is 5.26. The van der Waals surface area contributed by atoms with Crippen LogP contribution in [-0.2, 0) is 6.54 Å². The molecule has 1 nitrogen and oxygen atoms in total. The van der Waals surface area contributed by atoms with Crippen molar-refractivity contribution >= 4 is 18.1 Å². The summed E-state index contributed by atoms with van der Waals surface area (Å²) in [6.45, 7) is -2.39. The summed E-state index contributed by atoms with van der Waals surface area (Å²) in [5.41, 5.74) is 2.39. The van der Waals surface area contributed by atoms with E-state index >= 15 is 0 Å². The summed E-state index contributed by atoms with van der Waals surface area (Å²) in [4.78, 5) is 0. The fourth-order valence-electron chi connectivity index (χ4n) is 1.73. The molecule has 100 valence electrons. The summed E-state index contributed by atoms with van der Waals surface area (Å²) in [6.07, 6.45) is 0. The van der Waals surface area contributed by atoms with Crippen LogP contribution in [0.5, 0.6) is 0 Å². The molecule has 0 aliphatic heterocycles. The third-order valence-electron chi connectivity index (χ3n) is 2.91. The van der Waals surface area contributed by atoms with E-state index in [9.17, 15) is 12.9 Å². The number of rotatable bonds is 4. The van der Waals surface area contributed by atoms with Crippen molar-refractivity contribution in [1.82, 2.24) is 0 Å². The van der Waals surface area contributed by atoms with Gasteiger partial charge in [-0.1, -0.05) is 42.0 Å². The quantitative estimate of drug-likeness (QED) is 0.819. The number of nitrogens with one attached hydrogen (secondary N) is 1. The van der Waals surface area contributed by atoms with E-state index in [4.69, 9.17) is 0 Å². The number of aryl methyl sites for hydroxylation is 1. The van der Waals surface area contributed by atoms with E-state index in [0.29, 0.717) is 6.54 Å². The predicted molar refractivity (Wildman–Crippen MR) is 73.7 cm³/mol. The summed E-state index contributed by atoms with van der Waals surface area (Å²) in [5.74, 6) is 0. The van der Waals surface area contributed by atoms with Crippen LogP contribution < -0.4 is 62.2 Å². The molecule has 0 aromatic heterocycles. The van der Waals surface area contributed by atoms with Crippen LogP contribution in [-0.4, -0.2) is 6.98 Å². The van der Waals surface area contributed by atoms with Crippen LogP contribution in [0.3, 0.4) is 0 Å². The minimum absolute atomic E-state index is 0. The van der Waals surface area contributed by atoms with E-state index in [-0.39, 0.29) is 51.4 Å². The Labute approximate surface area is 159 Å². The maximum absolute atomic E-state index is 12.5. The van der Waals surface area contributed by atoms with Gasteiger partial charge in [0.15, 0.2) is 0 Å². The molecular formula is C14H14BF3KN. The number of hydrogen-bond donors (Lipinski definition) is 1. The first-order chi connectivity index (χ1) is 8.95. The van der Waals surface area contributed by atoms with Crippen LogP contribution in [0.25, 0.3) is 0 Å². The van der Waals surface area contributed by atoms with Gasteiger partial charge in [0.1, 0.15) is 0 Å². The van der Waals surface area contributed by atoms with Crippen molar-refractivity contribution in [3.63, 3.8) is 0 Å². The predicted octanol–water partition coefficient (Wildman–Crippen LogP) is 0.666. The molecule has 2 aromatic rings. The van der Waals surface area contributed by atoms with Gasteiger partial charge >= 0.3 is 58.4 Å². The standard InChI is InChI=1S/C14H14BF3N.K/c1-11-2-8-14(9-3-11)19-10-12-4-6-13(7-5-12)15(16,17)18;/h2-9,19H,10H2,1H3;/q-1;+1. The second kappa shape index (κ2) is 7.66. The Morgan fingerprint density at radius 3 is 1.95 bits per heavy atom. The normalized spacial score (nSPS) is 10.8. The van der Waals surface area contributed by atoms with Gasteiger partial charge in [-0.15, -0.1) is 5.46 Å². The summed E-state index contributed by atoms with van der Waals surface area (Å²) >= 11 is 0. The fourth-order valence-corrected chi connectivity index (χ4v) is 1.73. The smallest absolute Gasteiger partial charge is 0.445 e. The van der Waals surface area contributed by atoms with Gasteiger partial charge in [0.05, 0.1) is 0 Å². The first-order valence-electron chi connectivity index (χ1n) is 6.04. The summed E-state index contributed by atoms with van der Waals surface area (Å²) in [5, 5.41) is 3.17. The van der Waals surface area contributed by atoms with Gasteiger partial charge in [0.2, 0.25) is 0 Å². The zero-order valence-corrected chi connectivity index (χ0v) is 14.7. The van der Waals surface area contributed by atoms with Gasteiger partial charge in [-0.25, -0.2) is 0 Å². The van der Waals surface area contributed by atoms with Crippen LogP contribution in [0.2, 0.25) is 0 Å². The van der Waals surface area contributed by atoms with Crippen molar-refractivity contribution < 1.29 is 64.3 Å². The van der Waals surface area contributed by atoms with Crippen molar-refractivity contribution in [2.24, 2.45) is 0 Å². The number of halogens is 3. The number of benzene rings is 2. The van der Waals surface area contributed by atoms with Crippen molar-refractivity contribution in [3.05, 3.63) is 59.7 Å². The van der Waals surface area contributed by atoms with Gasteiger partial charge in [0.25, 0.3) is 0 Å². The van der Waals surface area contributed by atoms with Gasteiger partial charge < -0.3 is 18.3 Å². The molecule has 0 saturated carbocycles. The van der Waals surface area contributed by atoms with Crippen LogP contribution in [0.4, 0.5) is 18.6 Å². The average molecular weight is 303 g/mol. The Balaban J connectivity index is 0.00000200. The SMILES string of the molecule is Cc1ccc(NCc2ccc([B-](F)(F)F)cc2)cc1.[K+]. The van der Waals surface area contributed by atoms with Crippen LogP contribution in [0, 0.1) is 6.92 Å². The second-order valence-electron chi connectivity index (χ2n) is 4.54. The molecule has 0 radical (unpaired) electrons. The average Bonchev–Trinajstić information content (AvgIpc) is 2.37. The Morgan fingerprint density at radius 1 is 0.900 bits per heavy atom. The zero-order valence-electron chi connectivity index (χ0n) is 11.5. The largest absolute Gasteiger partial charge is 1.00 e. The third-order valence-corrected chi connectivity index (χ3v) is 2.91. The Bertz CT molecular complexity index is 538. The molecule has 0 spiro atoms. The molecule has 1 N–H and O–H groups in total. The van der Waals surface area contributed by atoms with Crippen LogP contribution in [0.15, 0.2) is 48.5 Å². The maximum atomic E-state index is 12.5. The first-order valence-corrected chi connectivity index (χ1v) is 6.04. The molecule has 0 heterocycles. The molecule has 20 heavy (non-hydrogen) atoms. The fraction of sp³-hybridized carbons (Fsp3) is 0.143. The van der Waals surface area contributed by atoms with Crippen molar-refractivity contribution in [3.8, 4) is 0 Å². The molecule has 0 fully saturated rings. The van der Waals surface area contributed by atoms with E-state index in [2.05, 4.69) is 5.32 Å². The minimum atomic E-state index is -4.90. The molecule has 0 bridgehead atoms. The summed E-state index contributed by atoms with van der Waals surface area (Å²) < 4.78 is 37.4. The summed E-state index contributed by atoms with van der Waals surface area (Å²) in [6, 6.07) is 13.1. The van der Waals surface area contributed by atoms with E-state index < -0.39 is 12.4 Å². The Hall–Kier alpha value is -0.269. The first kappa shape index (κ1) is 17.8. The maximum Gasteiger partial charge on any atom is 1.00 e. The van der Waals surface area contributed by atoms with Crippen molar-refractivity contribution in [2.45, 2.75) is 13.5 Å². The van der Waals surface area contributed by atoms with E-state index in [1.54, 1.807) is 0 Å². The van der Waals surface area contributed by atoms with Crippen LogP contribution >= 0.6 is 0 Å². The van der Waals surface area contributed by atoms with E-state index in [1.807, 2.05) is 31.2 Å². The molecule has 0 aliphatic rings. The monoisotopic (exact) mass is 303 g/mol. The van der Waals surface area contributed by atoms with Gasteiger partial charge in [-0.3, -0.25) is 0 Å². The number of hydrogen-bond acceptors (Lipinski definition) is 1. The molecule has 0 atom stereocenters. The Kier molecular flexibility index (Phi) is 6.81. The second-order valence-corrected chi connectivity index (χ2v) is 4.54. The molecule has 6 heteroatoms. The molecule has 2 aromatic carbocycles. The van der Waals surface area contributed by atoms with Crippen LogP contribution in [0.1, 0.15) is 11.1 Å². The van der Waals surface area contributed by atoms with Crippen molar-refractivity contribution in [2.75, 3.05) is 5.32 Å². The minimum Gasteiger partial charge on any atom is -0.445 e. The molecule has 2 rings (SSSR count). The van der Waals surface area contributed by atoms with E-state index in [1.165, 1.54) is 17.7 Å². The van der Waals surface area contributed by atoms with Gasteiger partial charge in [-0.05, 0) is 24.6 Å². The van der Waals surface area contributed by atoms with Gasteiger partial charge in [-0.2, -0.15) is 0 Å². The van der Waals surface area contributed by atoms with E-state index in [0.717, 1.165) is 23.4 Å². The Morgan fingerprint density at radius 2 is 1.45 bits per heavy atom. The topological polar surface area (TPSA) is 12.0 Å². The zero-order chi connectivity index (χ0) is 13.9. The van der Waals surface area contributed by atoms with Gasteiger partial charge in [0, 0.05) is 12.2 Å². The molecule has 0 unspecified atom stereocenters. The summed E-state index contributed by atoms with van der Waals surface area (Å²) in [7, 11) is 0.